The van der Waals surface area contributed by atoms with Crippen molar-refractivity contribution in [3.8, 4) is 0 Å². The molecule has 0 spiro atoms. The van der Waals surface area contributed by atoms with Gasteiger partial charge < -0.3 is 4.57 Å². The normalized spacial score (nSPS) is 12.9. The fraction of sp³-hybridized carbons (Fsp3) is 0.222. The minimum atomic E-state index is -3.39. The van der Waals surface area contributed by atoms with E-state index in [0.29, 0.717) is 25.9 Å². The minimum absolute atomic E-state index is 0.181. The Labute approximate surface area is 170 Å². The summed E-state index contributed by atoms with van der Waals surface area (Å²) in [6, 6.07) is 9.18. The van der Waals surface area contributed by atoms with E-state index in [-0.39, 0.29) is 4.90 Å². The molecule has 0 bridgehead atoms. The van der Waals surface area contributed by atoms with Gasteiger partial charge in [-0.25, -0.2) is 8.42 Å². The Balaban J connectivity index is 2.03. The van der Waals surface area contributed by atoms with Gasteiger partial charge in [0, 0.05) is 12.6 Å². The zero-order valence-electron chi connectivity index (χ0n) is 14.7. The third-order valence-electron chi connectivity index (χ3n) is 4.10. The maximum absolute atomic E-state index is 12.5. The second kappa shape index (κ2) is 7.39. The number of halogens is 2. The summed E-state index contributed by atoms with van der Waals surface area (Å²) in [5, 5.41) is 0.522. The van der Waals surface area contributed by atoms with Gasteiger partial charge in [0.15, 0.2) is 14.6 Å². The van der Waals surface area contributed by atoms with Crippen LogP contribution in [0.3, 0.4) is 0 Å². The van der Waals surface area contributed by atoms with Gasteiger partial charge in [0.25, 0.3) is 5.91 Å². The second-order valence-electron chi connectivity index (χ2n) is 6.19. The highest BCUT2D eigenvalue weighted by molar-refractivity contribution is 7.92. The summed E-state index contributed by atoms with van der Waals surface area (Å²) in [6.45, 7) is 3.23. The van der Waals surface area contributed by atoms with Crippen molar-refractivity contribution in [3.05, 3.63) is 56.8 Å². The highest BCUT2D eigenvalue weighted by Crippen LogP contribution is 2.31. The van der Waals surface area contributed by atoms with Crippen LogP contribution in [-0.4, -0.2) is 24.1 Å². The highest BCUT2D eigenvalue weighted by Gasteiger charge is 2.19. The Kier molecular flexibility index (Phi) is 5.49. The van der Waals surface area contributed by atoms with Gasteiger partial charge >= 0.3 is 0 Å². The van der Waals surface area contributed by atoms with Gasteiger partial charge in [-0.05, 0) is 50.2 Å². The first-order chi connectivity index (χ1) is 12.6. The lowest BCUT2D eigenvalue weighted by Gasteiger charge is -2.07. The van der Waals surface area contributed by atoms with Crippen LogP contribution >= 0.6 is 34.5 Å². The molecule has 1 heterocycles. The summed E-state index contributed by atoms with van der Waals surface area (Å²) in [7, 11) is -1.63. The second-order valence-corrected chi connectivity index (χ2v) is 10.5. The molecular formula is C18H16Cl2N2O3S2. The molecule has 1 aromatic heterocycles. The maximum Gasteiger partial charge on any atom is 0.279 e. The van der Waals surface area contributed by atoms with E-state index in [4.69, 9.17) is 23.2 Å². The molecule has 0 fully saturated rings. The Morgan fingerprint density at radius 1 is 1.07 bits per heavy atom. The van der Waals surface area contributed by atoms with Crippen LogP contribution in [-0.2, 0) is 16.9 Å². The van der Waals surface area contributed by atoms with Crippen LogP contribution in [0.4, 0.5) is 0 Å². The number of nitrogens with zero attached hydrogens (tertiary/aromatic N) is 2. The summed E-state index contributed by atoms with van der Waals surface area (Å²) in [4.78, 5) is 17.3. The summed E-state index contributed by atoms with van der Waals surface area (Å²) in [5.41, 5.74) is 1.01. The molecule has 0 radical (unpaired) electrons. The topological polar surface area (TPSA) is 68.5 Å². The molecule has 142 valence electrons. The monoisotopic (exact) mass is 442 g/mol. The van der Waals surface area contributed by atoms with Crippen molar-refractivity contribution in [2.24, 2.45) is 12.0 Å². The van der Waals surface area contributed by atoms with E-state index in [1.165, 1.54) is 35.6 Å². The molecule has 0 N–H and O–H groups in total. The number of rotatable bonds is 3. The third kappa shape index (κ3) is 3.69. The van der Waals surface area contributed by atoms with Gasteiger partial charge in [-0.2, -0.15) is 4.99 Å². The van der Waals surface area contributed by atoms with Crippen molar-refractivity contribution in [2.75, 3.05) is 0 Å². The lowest BCUT2D eigenvalue weighted by Crippen LogP contribution is -2.15. The van der Waals surface area contributed by atoms with E-state index >= 15 is 0 Å². The number of hydrogen-bond donors (Lipinski definition) is 0. The van der Waals surface area contributed by atoms with E-state index in [9.17, 15) is 13.2 Å². The number of benzene rings is 2. The molecular weight excluding hydrogens is 427 g/mol. The average molecular weight is 443 g/mol. The van der Waals surface area contributed by atoms with E-state index in [1.807, 2.05) is 0 Å². The maximum atomic E-state index is 12.5. The number of fused-ring (bicyclic) bond motifs is 1. The first-order valence-electron chi connectivity index (χ1n) is 7.99. The Hall–Kier alpha value is -1.67. The molecule has 3 aromatic rings. The highest BCUT2D eigenvalue weighted by atomic mass is 35.5. The summed E-state index contributed by atoms with van der Waals surface area (Å²) in [6.07, 6.45) is 0. The molecule has 1 amide bonds. The molecule has 0 atom stereocenters. The van der Waals surface area contributed by atoms with Crippen LogP contribution in [0.1, 0.15) is 24.2 Å². The number of aryl methyl sites for hydroxylation is 1. The smallest absolute Gasteiger partial charge is 0.279 e. The fourth-order valence-corrected chi connectivity index (χ4v) is 5.21. The number of hydrogen-bond acceptors (Lipinski definition) is 4. The van der Waals surface area contributed by atoms with Crippen molar-refractivity contribution >= 4 is 60.5 Å². The van der Waals surface area contributed by atoms with E-state index < -0.39 is 21.0 Å². The van der Waals surface area contributed by atoms with Gasteiger partial charge in [-0.3, -0.25) is 4.79 Å². The zero-order chi connectivity index (χ0) is 19.9. The first-order valence-corrected chi connectivity index (χ1v) is 11.1. The molecule has 0 unspecified atom stereocenters. The van der Waals surface area contributed by atoms with Crippen LogP contribution in [0, 0.1) is 0 Å². The predicted molar refractivity (Wildman–Crippen MR) is 109 cm³/mol. The van der Waals surface area contributed by atoms with Crippen LogP contribution in [0.2, 0.25) is 10.0 Å². The molecule has 5 nitrogen and oxygen atoms in total. The van der Waals surface area contributed by atoms with Crippen LogP contribution in [0.25, 0.3) is 10.2 Å². The predicted octanol–water partition coefficient (Wildman–Crippen LogP) is 4.47. The average Bonchev–Trinajstić information content (AvgIpc) is 2.96. The van der Waals surface area contributed by atoms with Crippen LogP contribution in [0.15, 0.2) is 46.3 Å². The molecule has 0 saturated carbocycles. The van der Waals surface area contributed by atoms with Gasteiger partial charge in [-0.15, -0.1) is 0 Å². The number of thiazole rings is 1. The molecule has 0 saturated heterocycles. The largest absolute Gasteiger partial charge is 0.318 e. The van der Waals surface area contributed by atoms with Crippen molar-refractivity contribution in [2.45, 2.75) is 24.0 Å². The number of amides is 1. The molecule has 27 heavy (non-hydrogen) atoms. The van der Waals surface area contributed by atoms with Crippen molar-refractivity contribution in [1.82, 2.24) is 4.57 Å². The SMILES string of the molecule is CC(C)S(=O)(=O)c1ccc(C(=O)N=c2sc3c(Cl)ccc(Cl)c3n2C)cc1. The number of aromatic nitrogens is 1. The van der Waals surface area contributed by atoms with Crippen LogP contribution in [0.5, 0.6) is 0 Å². The third-order valence-corrected chi connectivity index (χ3v) is 8.17. The van der Waals surface area contributed by atoms with Crippen molar-refractivity contribution in [1.29, 1.82) is 0 Å². The lowest BCUT2D eigenvalue weighted by molar-refractivity contribution is 0.0998. The molecule has 0 aliphatic carbocycles. The Bertz CT molecular complexity index is 1210. The van der Waals surface area contributed by atoms with E-state index in [2.05, 4.69) is 4.99 Å². The quantitative estimate of drug-likeness (QED) is 0.600. The molecule has 0 aliphatic heterocycles. The van der Waals surface area contributed by atoms with Crippen molar-refractivity contribution in [3.63, 3.8) is 0 Å². The summed E-state index contributed by atoms with van der Waals surface area (Å²) in [5.74, 6) is -0.474. The first kappa shape index (κ1) is 20.1. The number of carbonyl (C=O) groups excluding carboxylic acids is 1. The molecule has 2 aromatic carbocycles. The summed E-state index contributed by atoms with van der Waals surface area (Å²) < 4.78 is 26.8. The van der Waals surface area contributed by atoms with Gasteiger partial charge in [0.05, 0.1) is 30.4 Å². The van der Waals surface area contributed by atoms with Gasteiger partial charge in [0.2, 0.25) is 0 Å². The van der Waals surface area contributed by atoms with E-state index in [1.54, 1.807) is 37.6 Å². The zero-order valence-corrected chi connectivity index (χ0v) is 17.9. The molecule has 3 rings (SSSR count). The Morgan fingerprint density at radius 2 is 1.67 bits per heavy atom. The number of carbonyl (C=O) groups is 1. The minimum Gasteiger partial charge on any atom is -0.318 e. The molecule has 9 heteroatoms. The fourth-order valence-electron chi connectivity index (χ4n) is 2.50. The van der Waals surface area contributed by atoms with Crippen LogP contribution < -0.4 is 4.80 Å². The Morgan fingerprint density at radius 3 is 2.22 bits per heavy atom. The van der Waals surface area contributed by atoms with Gasteiger partial charge in [0.1, 0.15) is 0 Å². The summed E-state index contributed by atoms with van der Waals surface area (Å²) >= 11 is 13.7. The molecule has 0 aliphatic rings. The number of sulfone groups is 1. The van der Waals surface area contributed by atoms with Gasteiger partial charge in [-0.1, -0.05) is 34.5 Å². The van der Waals surface area contributed by atoms with Crippen molar-refractivity contribution < 1.29 is 13.2 Å². The standard InChI is InChI=1S/C18H16Cl2N2O3S2/c1-10(2)27(24,25)12-6-4-11(5-7-12)17(23)21-18-22(3)15-13(19)8-9-14(20)16(15)26-18/h4-10H,1-3H3. The van der Waals surface area contributed by atoms with E-state index in [0.717, 1.165) is 4.70 Å². The lowest BCUT2D eigenvalue weighted by atomic mass is 10.2.